The van der Waals surface area contributed by atoms with Crippen LogP contribution in [0.2, 0.25) is 5.02 Å². The minimum Gasteiger partial charge on any atom is -0.489 e. The quantitative estimate of drug-likeness (QED) is 0.443. The summed E-state index contributed by atoms with van der Waals surface area (Å²) in [7, 11) is 0. The van der Waals surface area contributed by atoms with Crippen molar-refractivity contribution in [3.63, 3.8) is 0 Å². The van der Waals surface area contributed by atoms with Gasteiger partial charge in [-0.15, -0.1) is 0 Å². The minimum absolute atomic E-state index is 0.0279. The van der Waals surface area contributed by atoms with Gasteiger partial charge >= 0.3 is 6.03 Å². The van der Waals surface area contributed by atoms with E-state index in [2.05, 4.69) is 15.8 Å². The summed E-state index contributed by atoms with van der Waals surface area (Å²) in [5, 5.41) is 6.87. The Bertz CT molecular complexity index is 943. The van der Waals surface area contributed by atoms with Crippen molar-refractivity contribution >= 4 is 29.5 Å². The van der Waals surface area contributed by atoms with Crippen molar-refractivity contribution in [3.05, 3.63) is 94.8 Å². The van der Waals surface area contributed by atoms with Gasteiger partial charge in [0.05, 0.1) is 11.2 Å². The number of anilines is 1. The number of nitrogens with zero attached hydrogens (tertiary/aromatic N) is 1. The first-order valence-corrected chi connectivity index (χ1v) is 8.80. The highest BCUT2D eigenvalue weighted by Crippen LogP contribution is 2.21. The van der Waals surface area contributed by atoms with E-state index in [1.54, 1.807) is 48.5 Å². The molecule has 3 aromatic carbocycles. The molecular formula is C21H17ClFN3O2. The van der Waals surface area contributed by atoms with Crippen LogP contribution in [0.3, 0.4) is 0 Å². The van der Waals surface area contributed by atoms with Crippen LogP contribution in [0, 0.1) is 5.82 Å². The molecule has 0 fully saturated rings. The normalized spacial score (nSPS) is 10.6. The Morgan fingerprint density at radius 3 is 2.50 bits per heavy atom. The second-order valence-electron chi connectivity index (χ2n) is 5.75. The number of benzene rings is 3. The van der Waals surface area contributed by atoms with E-state index in [1.807, 2.05) is 18.2 Å². The first-order chi connectivity index (χ1) is 13.6. The lowest BCUT2D eigenvalue weighted by Crippen LogP contribution is -2.24. The molecule has 3 aromatic rings. The molecule has 5 nitrogen and oxygen atoms in total. The molecule has 0 saturated heterocycles. The molecule has 142 valence electrons. The zero-order valence-electron chi connectivity index (χ0n) is 14.7. The maximum atomic E-state index is 13.7. The van der Waals surface area contributed by atoms with E-state index in [0.29, 0.717) is 22.0 Å². The average molecular weight is 398 g/mol. The molecule has 7 heteroatoms. The molecule has 0 aliphatic rings. The Morgan fingerprint density at radius 2 is 1.79 bits per heavy atom. The number of hydrazone groups is 1. The van der Waals surface area contributed by atoms with Gasteiger partial charge in [-0.25, -0.2) is 14.6 Å². The maximum absolute atomic E-state index is 13.7. The first-order valence-electron chi connectivity index (χ1n) is 8.42. The number of halogens is 2. The second kappa shape index (κ2) is 9.53. The van der Waals surface area contributed by atoms with E-state index < -0.39 is 11.8 Å². The van der Waals surface area contributed by atoms with Gasteiger partial charge in [0.2, 0.25) is 0 Å². The van der Waals surface area contributed by atoms with Crippen molar-refractivity contribution in [2.45, 2.75) is 6.61 Å². The number of nitrogens with one attached hydrogen (secondary N) is 2. The van der Waals surface area contributed by atoms with E-state index in [-0.39, 0.29) is 6.61 Å². The molecule has 0 aliphatic carbocycles. The van der Waals surface area contributed by atoms with Crippen LogP contribution in [-0.2, 0) is 6.61 Å². The van der Waals surface area contributed by atoms with Crippen LogP contribution in [0.4, 0.5) is 14.9 Å². The van der Waals surface area contributed by atoms with Crippen LogP contribution < -0.4 is 15.5 Å². The van der Waals surface area contributed by atoms with Crippen LogP contribution in [0.15, 0.2) is 77.9 Å². The van der Waals surface area contributed by atoms with Crippen molar-refractivity contribution in [2.24, 2.45) is 5.10 Å². The second-order valence-corrected chi connectivity index (χ2v) is 6.16. The summed E-state index contributed by atoms with van der Waals surface area (Å²) in [6.45, 7) is 0.0279. The summed E-state index contributed by atoms with van der Waals surface area (Å²) in [6, 6.07) is 20.1. The average Bonchev–Trinajstić information content (AvgIpc) is 2.69. The third-order valence-corrected chi connectivity index (χ3v) is 4.09. The fourth-order valence-electron chi connectivity index (χ4n) is 2.32. The van der Waals surface area contributed by atoms with Crippen molar-refractivity contribution < 1.29 is 13.9 Å². The SMILES string of the molecule is O=C(N/N=C/c1ccc(OCc2c(F)cccc2Cl)cc1)Nc1ccccc1. The highest BCUT2D eigenvalue weighted by molar-refractivity contribution is 6.31. The van der Waals surface area contributed by atoms with Gasteiger partial charge in [0.15, 0.2) is 0 Å². The summed E-state index contributed by atoms with van der Waals surface area (Å²) in [5.41, 5.74) is 4.13. The van der Waals surface area contributed by atoms with Crippen LogP contribution in [0.1, 0.15) is 11.1 Å². The van der Waals surface area contributed by atoms with Gasteiger partial charge in [0.25, 0.3) is 0 Å². The van der Waals surface area contributed by atoms with E-state index in [4.69, 9.17) is 16.3 Å². The van der Waals surface area contributed by atoms with E-state index in [1.165, 1.54) is 12.3 Å². The van der Waals surface area contributed by atoms with E-state index >= 15 is 0 Å². The lowest BCUT2D eigenvalue weighted by atomic mass is 10.2. The fourth-order valence-corrected chi connectivity index (χ4v) is 2.54. The first kappa shape index (κ1) is 19.4. The predicted octanol–water partition coefficient (Wildman–Crippen LogP) is 5.21. The Morgan fingerprint density at radius 1 is 1.04 bits per heavy atom. The van der Waals surface area contributed by atoms with Gasteiger partial charge in [0, 0.05) is 11.3 Å². The summed E-state index contributed by atoms with van der Waals surface area (Å²) < 4.78 is 19.3. The molecule has 0 aromatic heterocycles. The third-order valence-electron chi connectivity index (χ3n) is 3.74. The molecule has 2 N–H and O–H groups in total. The molecular weight excluding hydrogens is 381 g/mol. The number of urea groups is 1. The Labute approximate surface area is 166 Å². The monoisotopic (exact) mass is 397 g/mol. The molecule has 0 aliphatic heterocycles. The Hall–Kier alpha value is -3.38. The number of amides is 2. The lowest BCUT2D eigenvalue weighted by molar-refractivity contribution is 0.252. The number of hydrogen-bond acceptors (Lipinski definition) is 3. The largest absolute Gasteiger partial charge is 0.489 e. The van der Waals surface area contributed by atoms with Crippen molar-refractivity contribution in [2.75, 3.05) is 5.32 Å². The molecule has 0 unspecified atom stereocenters. The van der Waals surface area contributed by atoms with Crippen LogP contribution in [-0.4, -0.2) is 12.2 Å². The van der Waals surface area contributed by atoms with Crippen molar-refractivity contribution in [1.29, 1.82) is 0 Å². The molecule has 0 bridgehead atoms. The maximum Gasteiger partial charge on any atom is 0.339 e. The van der Waals surface area contributed by atoms with E-state index in [9.17, 15) is 9.18 Å². The zero-order chi connectivity index (χ0) is 19.8. The number of para-hydroxylation sites is 1. The van der Waals surface area contributed by atoms with Crippen molar-refractivity contribution in [1.82, 2.24) is 5.43 Å². The van der Waals surface area contributed by atoms with Crippen LogP contribution in [0.25, 0.3) is 0 Å². The Kier molecular flexibility index (Phi) is 6.59. The smallest absolute Gasteiger partial charge is 0.339 e. The number of carbonyl (C=O) groups excluding carboxylic acids is 1. The van der Waals surface area contributed by atoms with Gasteiger partial charge in [-0.2, -0.15) is 5.10 Å². The molecule has 3 rings (SSSR count). The molecule has 28 heavy (non-hydrogen) atoms. The highest BCUT2D eigenvalue weighted by Gasteiger charge is 2.07. The van der Waals surface area contributed by atoms with Gasteiger partial charge in [-0.1, -0.05) is 35.9 Å². The number of ether oxygens (including phenoxy) is 1. The topological polar surface area (TPSA) is 62.7 Å². The molecule has 0 radical (unpaired) electrons. The highest BCUT2D eigenvalue weighted by atomic mass is 35.5. The third kappa shape index (κ3) is 5.56. The molecule has 0 spiro atoms. The summed E-state index contributed by atoms with van der Waals surface area (Å²) >= 11 is 5.98. The molecule has 0 saturated carbocycles. The van der Waals surface area contributed by atoms with Gasteiger partial charge in [-0.3, -0.25) is 0 Å². The van der Waals surface area contributed by atoms with Gasteiger partial charge < -0.3 is 10.1 Å². The number of hydrogen-bond donors (Lipinski definition) is 2. The van der Waals surface area contributed by atoms with Gasteiger partial charge in [-0.05, 0) is 54.1 Å². The summed E-state index contributed by atoms with van der Waals surface area (Å²) in [6.07, 6.45) is 1.50. The number of rotatable bonds is 6. The summed E-state index contributed by atoms with van der Waals surface area (Å²) in [4.78, 5) is 11.7. The van der Waals surface area contributed by atoms with Crippen LogP contribution >= 0.6 is 11.6 Å². The van der Waals surface area contributed by atoms with Crippen molar-refractivity contribution in [3.8, 4) is 5.75 Å². The lowest BCUT2D eigenvalue weighted by Gasteiger charge is -2.09. The molecule has 0 heterocycles. The van der Waals surface area contributed by atoms with Crippen LogP contribution in [0.5, 0.6) is 5.75 Å². The fraction of sp³-hybridized carbons (Fsp3) is 0.0476. The van der Waals surface area contributed by atoms with Gasteiger partial charge in [0.1, 0.15) is 18.2 Å². The predicted molar refractivity (Wildman–Crippen MR) is 108 cm³/mol. The number of carbonyl (C=O) groups is 1. The Balaban J connectivity index is 1.50. The zero-order valence-corrected chi connectivity index (χ0v) is 15.5. The molecule has 2 amide bonds. The summed E-state index contributed by atoms with van der Waals surface area (Å²) in [5.74, 6) is 0.155. The standard InChI is InChI=1S/C21H17ClFN3O2/c22-19-7-4-8-20(23)18(19)14-28-17-11-9-15(10-12-17)13-24-26-21(27)25-16-5-2-1-3-6-16/h1-13H,14H2,(H2,25,26,27)/b24-13+. The minimum atomic E-state index is -0.441. The molecule has 0 atom stereocenters. The van der Waals surface area contributed by atoms with E-state index in [0.717, 1.165) is 5.56 Å².